The Bertz CT molecular complexity index is 1330. The molecule has 31 heavy (non-hydrogen) atoms. The quantitative estimate of drug-likeness (QED) is 0.585. The van der Waals surface area contributed by atoms with Gasteiger partial charge in [-0.3, -0.25) is 4.98 Å². The molecule has 0 saturated carbocycles. The third-order valence-electron chi connectivity index (χ3n) is 5.16. The summed E-state index contributed by atoms with van der Waals surface area (Å²) >= 11 is 6.25. The Hall–Kier alpha value is -2.63. The van der Waals surface area contributed by atoms with Crippen molar-refractivity contribution in [1.82, 2.24) is 19.1 Å². The van der Waals surface area contributed by atoms with Crippen LogP contribution in [0.1, 0.15) is 25.0 Å². The van der Waals surface area contributed by atoms with Crippen molar-refractivity contribution in [3.05, 3.63) is 69.1 Å². The van der Waals surface area contributed by atoms with E-state index in [1.807, 2.05) is 0 Å². The second-order valence-electron chi connectivity index (χ2n) is 7.51. The molecule has 164 valence electrons. The lowest BCUT2D eigenvalue weighted by Crippen LogP contribution is -2.16. The van der Waals surface area contributed by atoms with Crippen LogP contribution in [0, 0.1) is 0 Å². The van der Waals surface area contributed by atoms with Gasteiger partial charge in [0.05, 0.1) is 16.3 Å². The average molecular weight is 473 g/mol. The van der Waals surface area contributed by atoms with E-state index < -0.39 is 32.3 Å². The molecule has 0 radical (unpaired) electrons. The van der Waals surface area contributed by atoms with E-state index in [0.29, 0.717) is 11.1 Å². The highest BCUT2D eigenvalue weighted by atomic mass is 35.5. The van der Waals surface area contributed by atoms with E-state index in [-0.39, 0.29) is 23.1 Å². The lowest BCUT2D eigenvalue weighted by atomic mass is 10.1. The fourth-order valence-corrected chi connectivity index (χ4v) is 4.92. The van der Waals surface area contributed by atoms with Crippen molar-refractivity contribution < 1.29 is 21.6 Å². The first-order chi connectivity index (χ1) is 14.3. The zero-order chi connectivity index (χ0) is 22.8. The van der Waals surface area contributed by atoms with E-state index in [1.165, 1.54) is 4.31 Å². The van der Waals surface area contributed by atoms with Crippen LogP contribution >= 0.6 is 11.6 Å². The number of sulfonamides is 1. The van der Waals surface area contributed by atoms with Crippen molar-refractivity contribution in [2.75, 3.05) is 0 Å². The van der Waals surface area contributed by atoms with Crippen molar-refractivity contribution in [1.29, 1.82) is 0 Å². The number of aromatic nitrogens is 3. The third-order valence-corrected chi connectivity index (χ3v) is 7.96. The first kappa shape index (κ1) is 21.6. The Labute approximate surface area is 180 Å². The lowest BCUT2D eigenvalue weighted by molar-refractivity contribution is -0.137. The average Bonchev–Trinajstić information content (AvgIpc) is 2.95. The first-order valence-electron chi connectivity index (χ1n) is 9.00. The highest BCUT2D eigenvalue weighted by Gasteiger charge is 2.62. The number of nitrogens with zero attached hydrogens (tertiary/aromatic N) is 3. The number of rotatable bonds is 4. The molecule has 12 heteroatoms. The van der Waals surface area contributed by atoms with E-state index in [0.717, 1.165) is 28.9 Å². The van der Waals surface area contributed by atoms with Gasteiger partial charge in [-0.15, -0.1) is 5.10 Å². The molecular formula is C19H16ClF3N4O3S. The maximum absolute atomic E-state index is 12.8. The summed E-state index contributed by atoms with van der Waals surface area (Å²) in [6.45, 7) is 3.33. The second-order valence-corrected chi connectivity index (χ2v) is 10.3. The fraction of sp³-hybridized carbons (Fsp3) is 0.263. The third kappa shape index (κ3) is 3.66. The summed E-state index contributed by atoms with van der Waals surface area (Å²) < 4.78 is 64.5. The van der Waals surface area contributed by atoms with Gasteiger partial charge in [-0.2, -0.15) is 22.2 Å². The van der Waals surface area contributed by atoms with Gasteiger partial charge in [-0.05, 0) is 55.8 Å². The topological polar surface area (TPSA) is 87.8 Å². The van der Waals surface area contributed by atoms with E-state index in [4.69, 9.17) is 11.6 Å². The molecular weight excluding hydrogens is 457 g/mol. The highest BCUT2D eigenvalue weighted by Crippen LogP contribution is 2.44. The number of nitrogens with one attached hydrogen (secondary N) is 1. The van der Waals surface area contributed by atoms with Gasteiger partial charge < -0.3 is 0 Å². The molecule has 4 rings (SSSR count). The molecule has 0 spiro atoms. The maximum atomic E-state index is 12.8. The summed E-state index contributed by atoms with van der Waals surface area (Å²) in [4.78, 5) is 13.9. The fourth-order valence-electron chi connectivity index (χ4n) is 3.19. The zero-order valence-corrected chi connectivity index (χ0v) is 17.8. The zero-order valence-electron chi connectivity index (χ0n) is 16.2. The molecule has 1 atom stereocenters. The summed E-state index contributed by atoms with van der Waals surface area (Å²) in [7, 11) is -3.33. The van der Waals surface area contributed by atoms with Gasteiger partial charge in [-0.1, -0.05) is 17.7 Å². The standard InChI is InChI=1S/C19H16ClF3N4O3S/c1-18(2)26(31(18,29)30)10-11-3-8-15(20)14(9-11)16-24-17(28)27(25-16)13-6-4-12(5-7-13)19(21,22)23/h3-9H,10H2,1-2H3,(H,24,25,28). The van der Waals surface area contributed by atoms with Gasteiger partial charge in [0, 0.05) is 12.1 Å². The molecule has 0 bridgehead atoms. The van der Waals surface area contributed by atoms with Crippen LogP contribution in [0.3, 0.4) is 0 Å². The van der Waals surface area contributed by atoms with Crippen molar-refractivity contribution in [3.8, 4) is 17.1 Å². The number of benzene rings is 2. The Morgan fingerprint density at radius 1 is 1.13 bits per heavy atom. The van der Waals surface area contributed by atoms with Crippen molar-refractivity contribution in [3.63, 3.8) is 0 Å². The molecule has 3 aromatic rings. The van der Waals surface area contributed by atoms with Crippen LogP contribution in [0.25, 0.3) is 17.1 Å². The van der Waals surface area contributed by atoms with E-state index in [9.17, 15) is 26.4 Å². The number of H-pyrrole nitrogens is 1. The number of hydrogen-bond donors (Lipinski definition) is 1. The number of aromatic amines is 1. The molecule has 0 amide bonds. The maximum Gasteiger partial charge on any atom is 0.416 e. The summed E-state index contributed by atoms with van der Waals surface area (Å²) in [5.41, 5.74) is -0.364. The molecule has 1 aliphatic rings. The number of hydrogen-bond acceptors (Lipinski definition) is 4. The summed E-state index contributed by atoms with van der Waals surface area (Å²) in [5, 5.41) is 4.42. The minimum Gasteiger partial charge on any atom is -0.288 e. The van der Waals surface area contributed by atoms with E-state index >= 15 is 0 Å². The van der Waals surface area contributed by atoms with Gasteiger partial charge in [0.15, 0.2) is 5.82 Å². The van der Waals surface area contributed by atoms with Crippen molar-refractivity contribution in [2.24, 2.45) is 0 Å². The molecule has 1 N–H and O–H groups in total. The van der Waals surface area contributed by atoms with Crippen LogP contribution in [-0.2, 0) is 22.7 Å². The first-order valence-corrected chi connectivity index (χ1v) is 10.8. The monoisotopic (exact) mass is 472 g/mol. The molecule has 0 aliphatic carbocycles. The second kappa shape index (κ2) is 6.94. The molecule has 1 saturated heterocycles. The van der Waals surface area contributed by atoms with Crippen LogP contribution in [-0.4, -0.2) is 32.4 Å². The minimum atomic E-state index is -4.49. The van der Waals surface area contributed by atoms with Gasteiger partial charge in [0.2, 0.25) is 10.0 Å². The summed E-state index contributed by atoms with van der Waals surface area (Å²) in [6, 6.07) is 8.83. The molecule has 1 unspecified atom stereocenters. The number of halogens is 4. The Kier molecular flexibility index (Phi) is 4.83. The lowest BCUT2D eigenvalue weighted by Gasteiger charge is -2.07. The SMILES string of the molecule is CC1(C)N(Cc2ccc(Cl)c(-c3nn(-c4ccc(C(F)(F)F)cc4)c(=O)[nH]3)c2)S1(=O)=O. The summed E-state index contributed by atoms with van der Waals surface area (Å²) in [5.74, 6) is 0.102. The van der Waals surface area contributed by atoms with Gasteiger partial charge in [-0.25, -0.2) is 13.2 Å². The van der Waals surface area contributed by atoms with Gasteiger partial charge in [0.1, 0.15) is 4.87 Å². The Morgan fingerprint density at radius 2 is 1.74 bits per heavy atom. The van der Waals surface area contributed by atoms with E-state index in [2.05, 4.69) is 10.1 Å². The predicted octanol–water partition coefficient (Wildman–Crippen LogP) is 3.78. The molecule has 1 fully saturated rings. The largest absolute Gasteiger partial charge is 0.416 e. The van der Waals surface area contributed by atoms with Gasteiger partial charge in [0.25, 0.3) is 0 Å². The van der Waals surface area contributed by atoms with Crippen LogP contribution < -0.4 is 5.69 Å². The van der Waals surface area contributed by atoms with Crippen molar-refractivity contribution >= 4 is 21.6 Å². The van der Waals surface area contributed by atoms with Crippen molar-refractivity contribution in [2.45, 2.75) is 31.4 Å². The molecule has 2 aromatic carbocycles. The molecule has 1 aromatic heterocycles. The number of alkyl halides is 3. The van der Waals surface area contributed by atoms with E-state index in [1.54, 1.807) is 32.0 Å². The minimum absolute atomic E-state index is 0.102. The normalized spacial score (nSPS) is 19.4. The van der Waals surface area contributed by atoms with Crippen LogP contribution in [0.2, 0.25) is 5.02 Å². The smallest absolute Gasteiger partial charge is 0.288 e. The summed E-state index contributed by atoms with van der Waals surface area (Å²) in [6.07, 6.45) is -4.49. The van der Waals surface area contributed by atoms with Crippen LogP contribution in [0.15, 0.2) is 47.3 Å². The molecule has 2 heterocycles. The van der Waals surface area contributed by atoms with Crippen LogP contribution in [0.4, 0.5) is 13.2 Å². The van der Waals surface area contributed by atoms with Crippen LogP contribution in [0.5, 0.6) is 0 Å². The Balaban J connectivity index is 1.66. The highest BCUT2D eigenvalue weighted by molar-refractivity contribution is 7.96. The molecule has 7 nitrogen and oxygen atoms in total. The predicted molar refractivity (Wildman–Crippen MR) is 108 cm³/mol. The Morgan fingerprint density at radius 3 is 2.29 bits per heavy atom. The van der Waals surface area contributed by atoms with Gasteiger partial charge >= 0.3 is 11.9 Å². The molecule has 1 aliphatic heterocycles.